The Labute approximate surface area is 141 Å². The van der Waals surface area contributed by atoms with Crippen LogP contribution in [0.1, 0.15) is 20.7 Å². The summed E-state index contributed by atoms with van der Waals surface area (Å²) in [6.07, 6.45) is 0. The van der Waals surface area contributed by atoms with E-state index in [9.17, 15) is 9.59 Å². The molecule has 4 nitrogen and oxygen atoms in total. The molecule has 0 aliphatic heterocycles. The van der Waals surface area contributed by atoms with Crippen molar-refractivity contribution in [3.05, 3.63) is 62.6 Å². The van der Waals surface area contributed by atoms with E-state index in [2.05, 4.69) is 10.1 Å². The lowest BCUT2D eigenvalue weighted by Crippen LogP contribution is -2.13. The molecule has 2 aromatic rings. The maximum Gasteiger partial charge on any atom is 0.337 e. The number of benzene rings is 2. The minimum absolute atomic E-state index is 0.256. The molecular formula is C15H10Cl3NO3. The van der Waals surface area contributed by atoms with Crippen LogP contribution in [0.2, 0.25) is 15.1 Å². The fraction of sp³-hybridized carbons (Fsp3) is 0.0667. The van der Waals surface area contributed by atoms with E-state index in [1.165, 1.54) is 25.3 Å². The Bertz CT molecular complexity index is 747. The number of rotatable bonds is 3. The minimum atomic E-state index is -0.526. The molecule has 0 saturated carbocycles. The van der Waals surface area contributed by atoms with Crippen molar-refractivity contribution in [3.63, 3.8) is 0 Å². The van der Waals surface area contributed by atoms with Gasteiger partial charge in [-0.2, -0.15) is 0 Å². The molecule has 2 aromatic carbocycles. The molecule has 0 bridgehead atoms. The molecule has 0 unspecified atom stereocenters. The maximum absolute atomic E-state index is 12.2. The fourth-order valence-electron chi connectivity index (χ4n) is 1.72. The van der Waals surface area contributed by atoms with Crippen molar-refractivity contribution in [2.45, 2.75) is 0 Å². The second-order valence-corrected chi connectivity index (χ2v) is 5.49. The van der Waals surface area contributed by atoms with E-state index < -0.39 is 11.9 Å². The van der Waals surface area contributed by atoms with Gasteiger partial charge in [-0.15, -0.1) is 0 Å². The molecule has 2 rings (SSSR count). The molecule has 22 heavy (non-hydrogen) atoms. The molecule has 0 spiro atoms. The Balaban J connectivity index is 2.26. The van der Waals surface area contributed by atoms with Crippen LogP contribution in [0.25, 0.3) is 0 Å². The van der Waals surface area contributed by atoms with Gasteiger partial charge in [-0.3, -0.25) is 4.79 Å². The Morgan fingerprint density at radius 3 is 2.27 bits per heavy atom. The van der Waals surface area contributed by atoms with E-state index in [-0.39, 0.29) is 26.2 Å². The molecule has 1 amide bonds. The summed E-state index contributed by atoms with van der Waals surface area (Å²) in [6.45, 7) is 0. The van der Waals surface area contributed by atoms with Gasteiger partial charge in [0.1, 0.15) is 0 Å². The molecule has 7 heteroatoms. The normalized spacial score (nSPS) is 10.2. The number of nitrogens with one attached hydrogen (secondary N) is 1. The number of halogens is 3. The van der Waals surface area contributed by atoms with Crippen molar-refractivity contribution in [2.75, 3.05) is 12.4 Å². The summed E-state index contributed by atoms with van der Waals surface area (Å²) in [6, 6.07) is 9.01. The van der Waals surface area contributed by atoms with E-state index in [0.717, 1.165) is 0 Å². The van der Waals surface area contributed by atoms with E-state index in [4.69, 9.17) is 34.8 Å². The average molecular weight is 359 g/mol. The topological polar surface area (TPSA) is 55.4 Å². The summed E-state index contributed by atoms with van der Waals surface area (Å²) >= 11 is 17.7. The highest BCUT2D eigenvalue weighted by molar-refractivity contribution is 6.44. The van der Waals surface area contributed by atoms with Gasteiger partial charge >= 0.3 is 5.97 Å². The number of methoxy groups -OCH3 is 1. The van der Waals surface area contributed by atoms with Gasteiger partial charge in [0.05, 0.1) is 33.4 Å². The number of amides is 1. The molecule has 0 aromatic heterocycles. The van der Waals surface area contributed by atoms with Crippen LogP contribution in [0.4, 0.5) is 5.69 Å². The second kappa shape index (κ2) is 7.01. The lowest BCUT2D eigenvalue weighted by atomic mass is 10.1. The third-order valence-corrected chi connectivity index (χ3v) is 3.84. The van der Waals surface area contributed by atoms with Gasteiger partial charge in [0.15, 0.2) is 0 Å². The van der Waals surface area contributed by atoms with Crippen molar-refractivity contribution in [1.29, 1.82) is 0 Å². The van der Waals surface area contributed by atoms with Gasteiger partial charge in [-0.1, -0.05) is 40.9 Å². The van der Waals surface area contributed by atoms with Gasteiger partial charge < -0.3 is 10.1 Å². The third kappa shape index (κ3) is 3.71. The van der Waals surface area contributed by atoms with Crippen LogP contribution in [-0.4, -0.2) is 19.0 Å². The number of hydrogen-bond acceptors (Lipinski definition) is 3. The van der Waals surface area contributed by atoms with Gasteiger partial charge in [-0.05, 0) is 30.3 Å². The molecule has 0 saturated heterocycles. The number of anilines is 1. The zero-order chi connectivity index (χ0) is 16.3. The van der Waals surface area contributed by atoms with Gasteiger partial charge in [0.25, 0.3) is 5.91 Å². The number of carbonyl (C=O) groups excluding carboxylic acids is 2. The van der Waals surface area contributed by atoms with Crippen LogP contribution >= 0.6 is 34.8 Å². The molecule has 0 heterocycles. The zero-order valence-electron chi connectivity index (χ0n) is 11.3. The highest BCUT2D eigenvalue weighted by atomic mass is 35.5. The average Bonchev–Trinajstić information content (AvgIpc) is 2.51. The molecule has 0 atom stereocenters. The summed E-state index contributed by atoms with van der Waals surface area (Å²) in [7, 11) is 1.27. The molecule has 114 valence electrons. The van der Waals surface area contributed by atoms with Crippen LogP contribution in [0.3, 0.4) is 0 Å². The lowest BCUT2D eigenvalue weighted by Gasteiger charge is -2.09. The first-order valence-corrected chi connectivity index (χ1v) is 7.20. The van der Waals surface area contributed by atoms with Crippen LogP contribution < -0.4 is 5.32 Å². The Kier molecular flexibility index (Phi) is 5.29. The summed E-state index contributed by atoms with van der Waals surface area (Å²) in [4.78, 5) is 23.7. The molecule has 1 N–H and O–H groups in total. The van der Waals surface area contributed by atoms with Gasteiger partial charge in [-0.25, -0.2) is 4.79 Å². The summed E-state index contributed by atoms with van der Waals surface area (Å²) in [5.74, 6) is -0.965. The smallest absolute Gasteiger partial charge is 0.337 e. The van der Waals surface area contributed by atoms with E-state index in [1.807, 2.05) is 0 Å². The van der Waals surface area contributed by atoms with Gasteiger partial charge in [0.2, 0.25) is 0 Å². The summed E-state index contributed by atoms with van der Waals surface area (Å²) in [5, 5.41) is 3.43. The molecule has 0 aliphatic rings. The number of esters is 1. The minimum Gasteiger partial charge on any atom is -0.465 e. The lowest BCUT2D eigenvalue weighted by molar-refractivity contribution is 0.0600. The predicted molar refractivity (Wildman–Crippen MR) is 87.2 cm³/mol. The van der Waals surface area contributed by atoms with E-state index in [0.29, 0.717) is 5.69 Å². The molecular weight excluding hydrogens is 349 g/mol. The van der Waals surface area contributed by atoms with Crippen molar-refractivity contribution in [3.8, 4) is 0 Å². The SMILES string of the molecule is COC(=O)c1cccc(C(=O)Nc2cc(Cl)c(Cl)cc2Cl)c1. The van der Waals surface area contributed by atoms with Crippen molar-refractivity contribution >= 4 is 52.4 Å². The number of carbonyl (C=O) groups is 2. The standard InChI is InChI=1S/C15H10Cl3NO3/c1-22-15(21)9-4-2-3-8(5-9)14(20)19-13-7-11(17)10(16)6-12(13)18/h2-7H,1H3,(H,19,20). The van der Waals surface area contributed by atoms with Gasteiger partial charge in [0, 0.05) is 5.56 Å². The molecule has 0 fully saturated rings. The van der Waals surface area contributed by atoms with E-state index in [1.54, 1.807) is 18.2 Å². The van der Waals surface area contributed by atoms with Crippen LogP contribution in [0.5, 0.6) is 0 Å². The first kappa shape index (κ1) is 16.6. The number of hydrogen-bond donors (Lipinski definition) is 1. The van der Waals surface area contributed by atoms with Crippen molar-refractivity contribution in [2.24, 2.45) is 0 Å². The monoisotopic (exact) mass is 357 g/mol. The highest BCUT2D eigenvalue weighted by Gasteiger charge is 2.13. The largest absolute Gasteiger partial charge is 0.465 e. The first-order chi connectivity index (χ1) is 10.4. The van der Waals surface area contributed by atoms with Crippen LogP contribution in [-0.2, 0) is 4.74 Å². The molecule has 0 aliphatic carbocycles. The quantitative estimate of drug-likeness (QED) is 0.640. The first-order valence-electron chi connectivity index (χ1n) is 6.06. The highest BCUT2D eigenvalue weighted by Crippen LogP contribution is 2.32. The predicted octanol–water partition coefficient (Wildman–Crippen LogP) is 4.69. The zero-order valence-corrected chi connectivity index (χ0v) is 13.6. The third-order valence-electron chi connectivity index (χ3n) is 2.80. The van der Waals surface area contributed by atoms with Crippen LogP contribution in [0, 0.1) is 0 Å². The second-order valence-electron chi connectivity index (χ2n) is 4.27. The van der Waals surface area contributed by atoms with Crippen molar-refractivity contribution < 1.29 is 14.3 Å². The van der Waals surface area contributed by atoms with Crippen molar-refractivity contribution in [1.82, 2.24) is 0 Å². The molecule has 0 radical (unpaired) electrons. The fourth-order valence-corrected chi connectivity index (χ4v) is 2.31. The maximum atomic E-state index is 12.2. The Morgan fingerprint density at radius 1 is 0.955 bits per heavy atom. The summed E-state index contributed by atoms with van der Waals surface area (Å²) in [5.41, 5.74) is 0.880. The Hall–Kier alpha value is -1.75. The summed E-state index contributed by atoms with van der Waals surface area (Å²) < 4.78 is 4.61. The van der Waals surface area contributed by atoms with Crippen LogP contribution in [0.15, 0.2) is 36.4 Å². The Morgan fingerprint density at radius 2 is 1.59 bits per heavy atom. The number of ether oxygens (including phenoxy) is 1. The van der Waals surface area contributed by atoms with E-state index >= 15 is 0 Å².